The summed E-state index contributed by atoms with van der Waals surface area (Å²) < 4.78 is 38.7. The summed E-state index contributed by atoms with van der Waals surface area (Å²) in [5.74, 6) is -0.488. The number of rotatable bonds is 4. The van der Waals surface area contributed by atoms with Crippen molar-refractivity contribution in [1.29, 1.82) is 0 Å². The molecule has 0 N–H and O–H groups in total. The molecule has 32 heavy (non-hydrogen) atoms. The topological polar surface area (TPSA) is 72.3 Å². The molecule has 3 aromatic rings. The van der Waals surface area contributed by atoms with Crippen LogP contribution >= 0.6 is 0 Å². The van der Waals surface area contributed by atoms with Crippen molar-refractivity contribution in [2.75, 3.05) is 17.7 Å². The fourth-order valence-corrected chi connectivity index (χ4v) is 4.68. The number of aromatic nitrogens is 2. The molecule has 1 aromatic heterocycles. The van der Waals surface area contributed by atoms with Crippen LogP contribution in [0.5, 0.6) is 0 Å². The van der Waals surface area contributed by atoms with Gasteiger partial charge in [0.05, 0.1) is 16.3 Å². The normalized spacial score (nSPS) is 14.1. The quantitative estimate of drug-likeness (QED) is 0.560. The minimum Gasteiger partial charge on any atom is -0.309 e. The molecule has 2 heterocycles. The van der Waals surface area contributed by atoms with Gasteiger partial charge in [-0.25, -0.2) is 17.5 Å². The van der Waals surface area contributed by atoms with E-state index in [1.807, 2.05) is 13.8 Å². The Morgan fingerprint density at radius 2 is 1.84 bits per heavy atom. The summed E-state index contributed by atoms with van der Waals surface area (Å²) in [6.45, 7) is 4.33. The molecule has 0 radical (unpaired) electrons. The number of anilines is 1. The van der Waals surface area contributed by atoms with Gasteiger partial charge in [0.2, 0.25) is 0 Å². The van der Waals surface area contributed by atoms with E-state index < -0.39 is 9.84 Å². The number of aryl methyl sites for hydroxylation is 2. The van der Waals surface area contributed by atoms with Gasteiger partial charge in [-0.05, 0) is 80.8 Å². The van der Waals surface area contributed by atoms with Crippen LogP contribution in [0.3, 0.4) is 0 Å². The second-order valence-corrected chi connectivity index (χ2v) is 9.98. The van der Waals surface area contributed by atoms with E-state index in [0.717, 1.165) is 46.7 Å². The zero-order valence-corrected chi connectivity index (χ0v) is 19.0. The van der Waals surface area contributed by atoms with Crippen molar-refractivity contribution in [3.63, 3.8) is 0 Å². The van der Waals surface area contributed by atoms with Gasteiger partial charge in [0.15, 0.2) is 9.84 Å². The van der Waals surface area contributed by atoms with Gasteiger partial charge in [-0.1, -0.05) is 0 Å². The Balaban J connectivity index is 1.61. The molecule has 0 fully saturated rings. The maximum absolute atomic E-state index is 13.2. The van der Waals surface area contributed by atoms with Crippen molar-refractivity contribution < 1.29 is 17.6 Å². The van der Waals surface area contributed by atoms with E-state index in [2.05, 4.69) is 5.10 Å². The van der Waals surface area contributed by atoms with Crippen molar-refractivity contribution in [1.82, 2.24) is 9.78 Å². The standard InChI is InChI=1S/C24H24FN3O3S/c1-16-22(17(2)28(26-16)20-8-6-19(25)7-9-20)11-13-24(29)27-14-4-5-18-15-21(32(3,30)31)10-12-23(18)27/h6-13,15H,4-5,14H2,1-3H3. The second kappa shape index (κ2) is 8.35. The van der Waals surface area contributed by atoms with Crippen LogP contribution in [0.15, 0.2) is 53.4 Å². The summed E-state index contributed by atoms with van der Waals surface area (Å²) in [7, 11) is -3.30. The number of carbonyl (C=O) groups excluding carboxylic acids is 1. The Labute approximate surface area is 186 Å². The number of halogens is 1. The molecule has 0 saturated heterocycles. The first kappa shape index (κ1) is 22.0. The van der Waals surface area contributed by atoms with E-state index in [1.54, 1.807) is 46.0 Å². The van der Waals surface area contributed by atoms with Crippen LogP contribution in [-0.4, -0.2) is 36.9 Å². The van der Waals surface area contributed by atoms with Crippen LogP contribution in [0.1, 0.15) is 28.9 Å². The van der Waals surface area contributed by atoms with Gasteiger partial charge < -0.3 is 4.90 Å². The summed E-state index contributed by atoms with van der Waals surface area (Å²) in [6.07, 6.45) is 5.94. The maximum atomic E-state index is 13.2. The number of fused-ring (bicyclic) bond motifs is 1. The average molecular weight is 454 g/mol. The SMILES string of the molecule is Cc1nn(-c2ccc(F)cc2)c(C)c1C=CC(=O)N1CCCc2cc(S(C)(=O)=O)ccc21. The fourth-order valence-electron chi connectivity index (χ4n) is 4.01. The lowest BCUT2D eigenvalue weighted by Gasteiger charge is -2.29. The molecule has 8 heteroatoms. The van der Waals surface area contributed by atoms with E-state index in [4.69, 9.17) is 0 Å². The summed E-state index contributed by atoms with van der Waals surface area (Å²) in [5, 5.41) is 4.53. The van der Waals surface area contributed by atoms with Gasteiger partial charge in [0.1, 0.15) is 5.82 Å². The molecule has 1 amide bonds. The summed E-state index contributed by atoms with van der Waals surface area (Å²) in [5.41, 5.74) is 4.77. The van der Waals surface area contributed by atoms with Gasteiger partial charge in [-0.3, -0.25) is 4.79 Å². The number of nitrogens with zero attached hydrogens (tertiary/aromatic N) is 3. The Bertz CT molecular complexity index is 1330. The van der Waals surface area contributed by atoms with Crippen LogP contribution in [0, 0.1) is 19.7 Å². The smallest absolute Gasteiger partial charge is 0.250 e. The lowest BCUT2D eigenvalue weighted by atomic mass is 10.0. The molecule has 0 spiro atoms. The van der Waals surface area contributed by atoms with Gasteiger partial charge in [0, 0.05) is 35.8 Å². The lowest BCUT2D eigenvalue weighted by Crippen LogP contribution is -2.34. The molecular weight excluding hydrogens is 429 g/mol. The third-order valence-corrected chi connectivity index (χ3v) is 6.79. The molecule has 1 aliphatic rings. The number of hydrogen-bond acceptors (Lipinski definition) is 4. The van der Waals surface area contributed by atoms with Gasteiger partial charge >= 0.3 is 0 Å². The lowest BCUT2D eigenvalue weighted by molar-refractivity contribution is -0.114. The van der Waals surface area contributed by atoms with Crippen molar-refractivity contribution in [3.8, 4) is 5.69 Å². The molecule has 2 aromatic carbocycles. The first-order chi connectivity index (χ1) is 15.1. The zero-order valence-electron chi connectivity index (χ0n) is 18.2. The van der Waals surface area contributed by atoms with E-state index in [9.17, 15) is 17.6 Å². The van der Waals surface area contributed by atoms with Crippen molar-refractivity contribution in [3.05, 3.63) is 76.9 Å². The third-order valence-electron chi connectivity index (χ3n) is 5.67. The molecule has 0 atom stereocenters. The van der Waals surface area contributed by atoms with Crippen LogP contribution in [0.2, 0.25) is 0 Å². The van der Waals surface area contributed by atoms with Crippen molar-refractivity contribution in [2.24, 2.45) is 0 Å². The molecule has 0 bridgehead atoms. The molecule has 1 aliphatic heterocycles. The second-order valence-electron chi connectivity index (χ2n) is 7.96. The molecule has 166 valence electrons. The monoisotopic (exact) mass is 453 g/mol. The molecule has 0 unspecified atom stereocenters. The van der Waals surface area contributed by atoms with Crippen LogP contribution in [0.25, 0.3) is 11.8 Å². The fraction of sp³-hybridized carbons (Fsp3) is 0.250. The highest BCUT2D eigenvalue weighted by Gasteiger charge is 2.23. The Kier molecular flexibility index (Phi) is 5.73. The first-order valence-corrected chi connectivity index (χ1v) is 12.2. The highest BCUT2D eigenvalue weighted by atomic mass is 32.2. The number of carbonyl (C=O) groups is 1. The summed E-state index contributed by atoms with van der Waals surface area (Å²) in [4.78, 5) is 14.9. The Hall–Kier alpha value is -3.26. The Morgan fingerprint density at radius 1 is 1.12 bits per heavy atom. The summed E-state index contributed by atoms with van der Waals surface area (Å²) >= 11 is 0. The summed E-state index contributed by atoms with van der Waals surface area (Å²) in [6, 6.07) is 11.0. The largest absolute Gasteiger partial charge is 0.309 e. The minimum atomic E-state index is -3.30. The van der Waals surface area contributed by atoms with Crippen molar-refractivity contribution >= 4 is 27.5 Å². The predicted molar refractivity (Wildman–Crippen MR) is 122 cm³/mol. The van der Waals surface area contributed by atoms with Crippen LogP contribution in [0.4, 0.5) is 10.1 Å². The molecule has 4 rings (SSSR count). The van der Waals surface area contributed by atoms with Crippen molar-refractivity contribution in [2.45, 2.75) is 31.6 Å². The minimum absolute atomic E-state index is 0.175. The molecule has 6 nitrogen and oxygen atoms in total. The highest BCUT2D eigenvalue weighted by molar-refractivity contribution is 7.90. The van der Waals surface area contributed by atoms with Gasteiger partial charge in [-0.15, -0.1) is 0 Å². The van der Waals surface area contributed by atoms with Gasteiger partial charge in [0.25, 0.3) is 5.91 Å². The number of sulfone groups is 1. The molecule has 0 saturated carbocycles. The third kappa shape index (κ3) is 4.23. The van der Waals surface area contributed by atoms with Gasteiger partial charge in [-0.2, -0.15) is 5.10 Å². The number of benzene rings is 2. The first-order valence-electron chi connectivity index (χ1n) is 10.3. The number of amides is 1. The predicted octanol–water partition coefficient (Wildman–Crippen LogP) is 4.02. The average Bonchev–Trinajstić information content (AvgIpc) is 3.04. The highest BCUT2D eigenvalue weighted by Crippen LogP contribution is 2.30. The molecular formula is C24H24FN3O3S. The van der Waals surface area contributed by atoms with Crippen LogP contribution in [-0.2, 0) is 21.1 Å². The van der Waals surface area contributed by atoms with E-state index in [-0.39, 0.29) is 16.6 Å². The maximum Gasteiger partial charge on any atom is 0.250 e. The van der Waals surface area contributed by atoms with E-state index >= 15 is 0 Å². The Morgan fingerprint density at radius 3 is 2.53 bits per heavy atom. The molecule has 0 aliphatic carbocycles. The zero-order chi connectivity index (χ0) is 23.0. The van der Waals surface area contributed by atoms with E-state index in [0.29, 0.717) is 6.54 Å². The van der Waals surface area contributed by atoms with Crippen LogP contribution < -0.4 is 4.90 Å². The van der Waals surface area contributed by atoms with E-state index in [1.165, 1.54) is 24.5 Å². The number of hydrogen-bond donors (Lipinski definition) is 0.